The van der Waals surface area contributed by atoms with Crippen molar-refractivity contribution in [3.8, 4) is 5.75 Å². The fourth-order valence-electron chi connectivity index (χ4n) is 2.25. The van der Waals surface area contributed by atoms with Crippen LogP contribution in [-0.4, -0.2) is 20.7 Å². The van der Waals surface area contributed by atoms with E-state index < -0.39 is 5.97 Å². The number of pyridine rings is 1. The van der Waals surface area contributed by atoms with Crippen LogP contribution in [0.3, 0.4) is 0 Å². The molecule has 0 aliphatic heterocycles. The number of carbonyl (C=O) groups is 1. The summed E-state index contributed by atoms with van der Waals surface area (Å²) in [6.45, 7) is 3.21. The van der Waals surface area contributed by atoms with Crippen LogP contribution in [0.2, 0.25) is 0 Å². The van der Waals surface area contributed by atoms with Crippen LogP contribution in [0.15, 0.2) is 4.79 Å². The van der Waals surface area contributed by atoms with Crippen molar-refractivity contribution in [1.29, 1.82) is 0 Å². The molecule has 5 nitrogen and oxygen atoms in total. The van der Waals surface area contributed by atoms with Gasteiger partial charge in [-0.25, -0.2) is 4.79 Å². The quantitative estimate of drug-likeness (QED) is 0.658. The van der Waals surface area contributed by atoms with Gasteiger partial charge in [0.05, 0.1) is 21.7 Å². The first-order valence-corrected chi connectivity index (χ1v) is 5.24. The third-order valence-corrected chi connectivity index (χ3v) is 3.20. The number of fused-ring (bicyclic) bond motifs is 1. The number of carboxylic acids is 1. The summed E-state index contributed by atoms with van der Waals surface area (Å²) in [5.74, 6) is -1.61. The summed E-state index contributed by atoms with van der Waals surface area (Å²) in [4.78, 5) is 22.9. The molecule has 0 saturated carbocycles. The predicted octanol–water partition coefficient (Wildman–Crippen LogP) is -0.935. The van der Waals surface area contributed by atoms with Gasteiger partial charge in [0.2, 0.25) is 0 Å². The number of aromatic hydroxyl groups is 1. The van der Waals surface area contributed by atoms with Crippen LogP contribution in [0.4, 0.5) is 0 Å². The van der Waals surface area contributed by atoms with E-state index in [1.165, 1.54) is 11.5 Å². The number of hydrogen-bond donors (Lipinski definition) is 2. The van der Waals surface area contributed by atoms with E-state index in [0.29, 0.717) is 5.35 Å². The van der Waals surface area contributed by atoms with Gasteiger partial charge in [0.1, 0.15) is 5.75 Å². The van der Waals surface area contributed by atoms with Crippen LogP contribution in [0, 0.1) is 12.8 Å². The molecule has 1 heterocycles. The SMILES string of the molecule is Cc1c(O)c2c(n(C)c1=O)=CC(C)C=2C(=O)O. The van der Waals surface area contributed by atoms with Gasteiger partial charge >= 0.3 is 5.97 Å². The lowest BCUT2D eigenvalue weighted by Gasteiger charge is -2.05. The number of aliphatic carboxylic acids is 1. The largest absolute Gasteiger partial charge is 0.507 e. The summed E-state index contributed by atoms with van der Waals surface area (Å²) in [5.41, 5.74) is 0.0000359. The summed E-state index contributed by atoms with van der Waals surface area (Å²) >= 11 is 0. The van der Waals surface area contributed by atoms with E-state index in [9.17, 15) is 14.7 Å². The highest BCUT2D eigenvalue weighted by Crippen LogP contribution is 2.17. The number of hydrogen-bond acceptors (Lipinski definition) is 3. The van der Waals surface area contributed by atoms with Crippen LogP contribution in [-0.2, 0) is 11.8 Å². The molecule has 0 aromatic carbocycles. The minimum Gasteiger partial charge on any atom is -0.507 e. The lowest BCUT2D eigenvalue weighted by Crippen LogP contribution is -2.42. The van der Waals surface area contributed by atoms with E-state index in [1.807, 2.05) is 0 Å². The van der Waals surface area contributed by atoms with Crippen molar-refractivity contribution in [3.63, 3.8) is 0 Å². The lowest BCUT2D eigenvalue weighted by molar-refractivity contribution is -0.130. The summed E-state index contributed by atoms with van der Waals surface area (Å²) in [6.07, 6.45) is 1.68. The Morgan fingerprint density at radius 2 is 2.06 bits per heavy atom. The molecule has 1 aliphatic rings. The zero-order chi connectivity index (χ0) is 12.9. The van der Waals surface area contributed by atoms with Gasteiger partial charge in [-0.1, -0.05) is 13.0 Å². The van der Waals surface area contributed by atoms with Crippen LogP contribution in [0.1, 0.15) is 12.5 Å². The van der Waals surface area contributed by atoms with Crippen molar-refractivity contribution in [2.45, 2.75) is 13.8 Å². The molecule has 1 atom stereocenters. The van der Waals surface area contributed by atoms with Crippen molar-refractivity contribution < 1.29 is 15.0 Å². The highest BCUT2D eigenvalue weighted by molar-refractivity contribution is 6.11. The van der Waals surface area contributed by atoms with E-state index in [-0.39, 0.29) is 33.6 Å². The maximum Gasteiger partial charge on any atom is 0.332 e. The maximum absolute atomic E-state index is 11.8. The predicted molar refractivity (Wildman–Crippen MR) is 62.0 cm³/mol. The first kappa shape index (κ1) is 11.4. The van der Waals surface area contributed by atoms with Crippen molar-refractivity contribution in [1.82, 2.24) is 4.57 Å². The Kier molecular flexibility index (Phi) is 2.34. The first-order chi connectivity index (χ1) is 7.86. The van der Waals surface area contributed by atoms with Gasteiger partial charge in [0.15, 0.2) is 0 Å². The molecular weight excluding hydrogens is 222 g/mol. The summed E-state index contributed by atoms with van der Waals surface area (Å²) < 4.78 is 1.37. The van der Waals surface area contributed by atoms with Crippen LogP contribution in [0.5, 0.6) is 5.75 Å². The van der Waals surface area contributed by atoms with Gasteiger partial charge in [0, 0.05) is 13.0 Å². The van der Waals surface area contributed by atoms with Gasteiger partial charge in [-0.3, -0.25) is 4.79 Å². The topological polar surface area (TPSA) is 79.5 Å². The summed E-state index contributed by atoms with van der Waals surface area (Å²) in [7, 11) is 1.57. The fourth-order valence-corrected chi connectivity index (χ4v) is 2.25. The first-order valence-electron chi connectivity index (χ1n) is 5.24. The van der Waals surface area contributed by atoms with Crippen molar-refractivity contribution in [3.05, 3.63) is 26.5 Å². The van der Waals surface area contributed by atoms with Crippen molar-refractivity contribution in [2.24, 2.45) is 13.0 Å². The summed E-state index contributed by atoms with van der Waals surface area (Å²) in [6, 6.07) is 0. The Hall–Kier alpha value is -2.04. The zero-order valence-corrected chi connectivity index (χ0v) is 9.81. The minimum atomic E-state index is -1.07. The molecule has 0 fully saturated rings. The molecule has 0 bridgehead atoms. The molecule has 2 rings (SSSR count). The Morgan fingerprint density at radius 1 is 1.47 bits per heavy atom. The Bertz CT molecular complexity index is 697. The van der Waals surface area contributed by atoms with E-state index in [2.05, 4.69) is 0 Å². The Morgan fingerprint density at radius 3 is 2.59 bits per heavy atom. The molecule has 0 radical (unpaired) electrons. The van der Waals surface area contributed by atoms with Crippen LogP contribution < -0.4 is 16.1 Å². The molecule has 1 aromatic rings. The molecule has 1 aliphatic carbocycles. The number of nitrogens with zero attached hydrogens (tertiary/aromatic N) is 1. The average molecular weight is 235 g/mol. The number of aromatic nitrogens is 1. The molecule has 5 heteroatoms. The maximum atomic E-state index is 11.8. The number of carboxylic acid groups (broad SMARTS) is 1. The highest BCUT2D eigenvalue weighted by Gasteiger charge is 2.24. The molecule has 17 heavy (non-hydrogen) atoms. The molecule has 1 unspecified atom stereocenters. The monoisotopic (exact) mass is 235 g/mol. The lowest BCUT2D eigenvalue weighted by atomic mass is 10.0. The molecule has 2 N–H and O–H groups in total. The van der Waals surface area contributed by atoms with Gasteiger partial charge < -0.3 is 14.8 Å². The van der Waals surface area contributed by atoms with Crippen LogP contribution >= 0.6 is 0 Å². The molecular formula is C12H13NO4. The smallest absolute Gasteiger partial charge is 0.332 e. The summed E-state index contributed by atoms with van der Waals surface area (Å²) in [5, 5.41) is 19.8. The normalized spacial score (nSPS) is 17.8. The zero-order valence-electron chi connectivity index (χ0n) is 9.81. The van der Waals surface area contributed by atoms with Crippen molar-refractivity contribution in [2.75, 3.05) is 0 Å². The molecule has 0 saturated heterocycles. The van der Waals surface area contributed by atoms with E-state index in [4.69, 9.17) is 5.11 Å². The van der Waals surface area contributed by atoms with Crippen LogP contribution in [0.25, 0.3) is 11.6 Å². The molecule has 90 valence electrons. The fraction of sp³-hybridized carbons (Fsp3) is 0.333. The third-order valence-electron chi connectivity index (χ3n) is 3.20. The average Bonchev–Trinajstić information content (AvgIpc) is 2.61. The highest BCUT2D eigenvalue weighted by atomic mass is 16.4. The second-order valence-corrected chi connectivity index (χ2v) is 4.27. The Balaban J connectivity index is 3.14. The van der Waals surface area contributed by atoms with Gasteiger partial charge in [0.25, 0.3) is 5.56 Å². The Labute approximate surface area is 96.9 Å². The molecule has 0 amide bonds. The standard InChI is InChI=1S/C12H13NO4/c1-5-4-7-9(8(5)12(16)17)10(14)6(2)11(15)13(7)3/h4-5,14H,1-3H3,(H,16,17). The van der Waals surface area contributed by atoms with Crippen molar-refractivity contribution >= 4 is 17.6 Å². The van der Waals surface area contributed by atoms with Gasteiger partial charge in [-0.15, -0.1) is 0 Å². The molecule has 0 spiro atoms. The van der Waals surface area contributed by atoms with E-state index in [1.54, 1.807) is 20.0 Å². The number of rotatable bonds is 1. The third kappa shape index (κ3) is 1.39. The molecule has 1 aromatic heterocycles. The second-order valence-electron chi connectivity index (χ2n) is 4.27. The van der Waals surface area contributed by atoms with E-state index >= 15 is 0 Å². The van der Waals surface area contributed by atoms with Gasteiger partial charge in [-0.2, -0.15) is 0 Å². The van der Waals surface area contributed by atoms with E-state index in [0.717, 1.165) is 0 Å². The minimum absolute atomic E-state index is 0.135. The van der Waals surface area contributed by atoms with Gasteiger partial charge in [-0.05, 0) is 6.92 Å². The second kappa shape index (κ2) is 3.48.